The highest BCUT2D eigenvalue weighted by Crippen LogP contribution is 2.17. The molecule has 132 valence electrons. The molecule has 0 aromatic heterocycles. The van der Waals surface area contributed by atoms with Gasteiger partial charge in [0.1, 0.15) is 0 Å². The highest BCUT2D eigenvalue weighted by atomic mass is 16.5. The Morgan fingerprint density at radius 2 is 1.67 bits per heavy atom. The maximum absolute atomic E-state index is 12.4. The molecule has 0 saturated carbocycles. The Hall–Kier alpha value is -2.40. The van der Waals surface area contributed by atoms with Crippen molar-refractivity contribution >= 4 is 17.4 Å². The largest absolute Gasteiger partial charge is 0.378 e. The fourth-order valence-corrected chi connectivity index (χ4v) is 1.96. The van der Waals surface area contributed by atoms with E-state index < -0.39 is 5.91 Å². The smallest absolute Gasteiger partial charge is 0.267 e. The zero-order valence-electron chi connectivity index (χ0n) is 15.3. The van der Waals surface area contributed by atoms with Crippen LogP contribution >= 0.6 is 0 Å². The number of hydrogen-bond donors (Lipinski definition) is 2. The summed E-state index contributed by atoms with van der Waals surface area (Å²) in [4.78, 5) is 25.2. The molecule has 24 heavy (non-hydrogen) atoms. The molecule has 5 nitrogen and oxygen atoms in total. The number of nitrogens with zero attached hydrogens (tertiary/aromatic N) is 1. The van der Waals surface area contributed by atoms with Gasteiger partial charge in [0, 0.05) is 37.3 Å². The zero-order valence-corrected chi connectivity index (χ0v) is 15.3. The molecule has 1 unspecified atom stereocenters. The Morgan fingerprint density at radius 1 is 1.12 bits per heavy atom. The third-order valence-corrected chi connectivity index (χ3v) is 3.20. The fourth-order valence-electron chi connectivity index (χ4n) is 1.96. The van der Waals surface area contributed by atoms with Gasteiger partial charge in [-0.1, -0.05) is 38.5 Å². The van der Waals surface area contributed by atoms with Gasteiger partial charge in [0.05, 0.1) is 0 Å². The average Bonchev–Trinajstić information content (AvgIpc) is 2.60. The van der Waals surface area contributed by atoms with Gasteiger partial charge in [-0.15, -0.1) is 0 Å². The van der Waals surface area contributed by atoms with Crippen LogP contribution in [0.5, 0.6) is 0 Å². The number of rotatable bonds is 6. The first-order chi connectivity index (χ1) is 11.3. The maximum Gasteiger partial charge on any atom is 0.267 e. The standard InChI is InChI=1S/C17H22N2O3.C2H6/c1-12(5-10-16(20)18-22)11-13(2)17(21)14-6-8-15(9-7-14)19(3)4;1-2/h5-11,13,22H,1-4H3,(H,18,20);1-2H3/b10-5+,12-11+;. The fraction of sp³-hybridized carbons (Fsp3) is 0.368. The Bertz CT molecular complexity index is 587. The molecule has 0 bridgehead atoms. The maximum atomic E-state index is 12.4. The van der Waals surface area contributed by atoms with E-state index in [1.54, 1.807) is 19.1 Å². The van der Waals surface area contributed by atoms with E-state index in [4.69, 9.17) is 5.21 Å². The first-order valence-corrected chi connectivity index (χ1v) is 7.97. The van der Waals surface area contributed by atoms with E-state index in [1.807, 2.05) is 64.0 Å². The van der Waals surface area contributed by atoms with E-state index in [2.05, 4.69) is 0 Å². The Balaban J connectivity index is 0.00000254. The summed E-state index contributed by atoms with van der Waals surface area (Å²) in [6.45, 7) is 7.60. The summed E-state index contributed by atoms with van der Waals surface area (Å²) in [7, 11) is 3.89. The van der Waals surface area contributed by atoms with Gasteiger partial charge in [0.2, 0.25) is 0 Å². The number of allylic oxidation sites excluding steroid dienone is 3. The van der Waals surface area contributed by atoms with Crippen LogP contribution < -0.4 is 10.4 Å². The van der Waals surface area contributed by atoms with Crippen LogP contribution in [0.2, 0.25) is 0 Å². The first kappa shape index (κ1) is 21.6. The van der Waals surface area contributed by atoms with Crippen LogP contribution in [0.1, 0.15) is 38.1 Å². The number of ketones is 1. The van der Waals surface area contributed by atoms with Crippen molar-refractivity contribution in [1.82, 2.24) is 5.48 Å². The minimum atomic E-state index is -0.606. The molecule has 0 spiro atoms. The van der Waals surface area contributed by atoms with Crippen LogP contribution in [0.15, 0.2) is 48.1 Å². The van der Waals surface area contributed by atoms with Gasteiger partial charge in [-0.05, 0) is 31.2 Å². The van der Waals surface area contributed by atoms with Crippen LogP contribution in [0.25, 0.3) is 0 Å². The molecule has 1 rings (SSSR count). The molecule has 1 atom stereocenters. The number of hydroxylamine groups is 1. The second kappa shape index (κ2) is 11.2. The summed E-state index contributed by atoms with van der Waals surface area (Å²) in [5, 5.41) is 8.40. The van der Waals surface area contributed by atoms with Crippen molar-refractivity contribution in [3.8, 4) is 0 Å². The molecule has 0 saturated heterocycles. The lowest BCUT2D eigenvalue weighted by Crippen LogP contribution is -2.15. The topological polar surface area (TPSA) is 69.6 Å². The second-order valence-corrected chi connectivity index (χ2v) is 5.31. The van der Waals surface area contributed by atoms with E-state index in [0.717, 1.165) is 11.3 Å². The quantitative estimate of drug-likeness (QED) is 0.274. The summed E-state index contributed by atoms with van der Waals surface area (Å²) >= 11 is 0. The minimum Gasteiger partial charge on any atom is -0.378 e. The summed E-state index contributed by atoms with van der Waals surface area (Å²) in [6.07, 6.45) is 4.53. The molecule has 0 radical (unpaired) electrons. The van der Waals surface area contributed by atoms with Crippen molar-refractivity contribution in [2.45, 2.75) is 27.7 Å². The van der Waals surface area contributed by atoms with E-state index in [-0.39, 0.29) is 11.7 Å². The molecule has 5 heteroatoms. The molecule has 1 aromatic carbocycles. The number of nitrogens with one attached hydrogen (secondary N) is 1. The lowest BCUT2D eigenvalue weighted by molar-refractivity contribution is -0.124. The molecule has 2 N–H and O–H groups in total. The minimum absolute atomic E-state index is 0.0182. The predicted molar refractivity (Wildman–Crippen MR) is 98.4 cm³/mol. The van der Waals surface area contributed by atoms with Crippen LogP contribution in [0, 0.1) is 5.92 Å². The SMILES string of the molecule is CC.CC(/C=C/C(=O)NO)=C\C(C)C(=O)c1ccc(N(C)C)cc1. The third-order valence-electron chi connectivity index (χ3n) is 3.20. The Labute approximate surface area is 144 Å². The van der Waals surface area contributed by atoms with Crippen molar-refractivity contribution in [1.29, 1.82) is 0 Å². The summed E-state index contributed by atoms with van der Waals surface area (Å²) in [5.74, 6) is -0.886. The molecular weight excluding hydrogens is 304 g/mol. The lowest BCUT2D eigenvalue weighted by Gasteiger charge is -2.13. The van der Waals surface area contributed by atoms with Gasteiger partial charge >= 0.3 is 0 Å². The Morgan fingerprint density at radius 3 is 2.12 bits per heavy atom. The van der Waals surface area contributed by atoms with Crippen LogP contribution in [0.3, 0.4) is 0 Å². The number of hydrogen-bond acceptors (Lipinski definition) is 4. The van der Waals surface area contributed by atoms with Crippen molar-refractivity contribution in [3.05, 3.63) is 53.6 Å². The molecule has 0 aliphatic carbocycles. The number of anilines is 1. The second-order valence-electron chi connectivity index (χ2n) is 5.31. The zero-order chi connectivity index (χ0) is 18.7. The van der Waals surface area contributed by atoms with Crippen LogP contribution in [-0.4, -0.2) is 31.0 Å². The highest BCUT2D eigenvalue weighted by Gasteiger charge is 2.13. The summed E-state index contributed by atoms with van der Waals surface area (Å²) in [5.41, 5.74) is 3.97. The average molecular weight is 332 g/mol. The van der Waals surface area contributed by atoms with E-state index >= 15 is 0 Å². The number of Topliss-reactive ketones (excluding diaryl/α,β-unsaturated/α-hetero) is 1. The molecule has 0 heterocycles. The monoisotopic (exact) mass is 332 g/mol. The van der Waals surface area contributed by atoms with Crippen LogP contribution in [-0.2, 0) is 4.79 Å². The van der Waals surface area contributed by atoms with E-state index in [9.17, 15) is 9.59 Å². The molecular formula is C19H28N2O3. The first-order valence-electron chi connectivity index (χ1n) is 7.97. The van der Waals surface area contributed by atoms with Gasteiger partial charge in [0.15, 0.2) is 5.78 Å². The van der Waals surface area contributed by atoms with Gasteiger partial charge in [-0.3, -0.25) is 14.8 Å². The van der Waals surface area contributed by atoms with Crippen molar-refractivity contribution < 1.29 is 14.8 Å². The van der Waals surface area contributed by atoms with Gasteiger partial charge < -0.3 is 4.90 Å². The number of carbonyl (C=O) groups is 2. The third kappa shape index (κ3) is 7.24. The molecule has 1 amide bonds. The highest BCUT2D eigenvalue weighted by molar-refractivity contribution is 5.99. The summed E-state index contributed by atoms with van der Waals surface area (Å²) < 4.78 is 0. The van der Waals surface area contributed by atoms with Gasteiger partial charge in [-0.2, -0.15) is 0 Å². The molecule has 0 aliphatic heterocycles. The molecule has 0 aliphatic rings. The van der Waals surface area contributed by atoms with Gasteiger partial charge in [-0.25, -0.2) is 5.48 Å². The normalized spacial score (nSPS) is 12.2. The van der Waals surface area contributed by atoms with Crippen molar-refractivity contribution in [2.24, 2.45) is 5.92 Å². The van der Waals surface area contributed by atoms with E-state index in [1.165, 1.54) is 11.6 Å². The van der Waals surface area contributed by atoms with Gasteiger partial charge in [0.25, 0.3) is 5.91 Å². The Kier molecular flexibility index (Phi) is 10.1. The predicted octanol–water partition coefficient (Wildman–Crippen LogP) is 3.61. The number of carbonyl (C=O) groups excluding carboxylic acids is 2. The van der Waals surface area contributed by atoms with Crippen LogP contribution in [0.4, 0.5) is 5.69 Å². The summed E-state index contributed by atoms with van der Waals surface area (Å²) in [6, 6.07) is 7.43. The van der Waals surface area contributed by atoms with Crippen molar-refractivity contribution in [3.63, 3.8) is 0 Å². The molecule has 1 aromatic rings. The number of benzene rings is 1. The lowest BCUT2D eigenvalue weighted by atomic mass is 9.97. The molecule has 0 fully saturated rings. The van der Waals surface area contributed by atoms with Crippen molar-refractivity contribution in [2.75, 3.05) is 19.0 Å². The number of amides is 1. The van der Waals surface area contributed by atoms with E-state index in [0.29, 0.717) is 5.56 Å².